The molecule has 0 fully saturated rings. The number of rotatable bonds is 8. The van der Waals surface area contributed by atoms with Crippen molar-refractivity contribution in [2.45, 2.75) is 44.0 Å². The van der Waals surface area contributed by atoms with Crippen molar-refractivity contribution in [2.75, 3.05) is 11.5 Å². The third kappa shape index (κ3) is 17.4. The third-order valence-corrected chi connectivity index (χ3v) is 9.26. The molecule has 0 saturated carbocycles. The summed E-state index contributed by atoms with van der Waals surface area (Å²) in [6.45, 7) is 0.620. The zero-order valence-electron chi connectivity index (χ0n) is 37.7. The van der Waals surface area contributed by atoms with Crippen LogP contribution in [0.2, 0.25) is 0 Å². The number of aromatic hydroxyl groups is 1. The summed E-state index contributed by atoms with van der Waals surface area (Å²) >= 11 is 0. The molecule has 0 saturated heterocycles. The lowest BCUT2D eigenvalue weighted by Gasteiger charge is -2.19. The van der Waals surface area contributed by atoms with E-state index < -0.39 is 136 Å². The minimum absolute atomic E-state index is 0.0159. The Balaban J connectivity index is 0.000000286. The average Bonchev–Trinajstić information content (AvgIpc) is 3.29. The molecule has 0 bridgehead atoms. The van der Waals surface area contributed by atoms with Gasteiger partial charge in [-0.3, -0.25) is 40.5 Å². The van der Waals surface area contributed by atoms with Gasteiger partial charge in [0, 0.05) is 59.9 Å². The fourth-order valence-electron chi connectivity index (χ4n) is 5.81. The van der Waals surface area contributed by atoms with Gasteiger partial charge >= 0.3 is 37.1 Å². The van der Waals surface area contributed by atoms with E-state index in [1.165, 1.54) is 36.4 Å². The maximum atomic E-state index is 13.2. The van der Waals surface area contributed by atoms with Crippen LogP contribution in [-0.2, 0) is 37.1 Å². The molecule has 5 N–H and O–H groups in total. The van der Waals surface area contributed by atoms with Gasteiger partial charge in [-0.2, -0.15) is 79.0 Å². The highest BCUT2D eigenvalue weighted by Gasteiger charge is 2.46. The van der Waals surface area contributed by atoms with Crippen LogP contribution in [0.3, 0.4) is 0 Å². The molecule has 0 amide bonds. The Kier molecular flexibility index (Phi) is 19.1. The van der Waals surface area contributed by atoms with E-state index in [-0.39, 0.29) is 47.1 Å². The highest BCUT2D eigenvalue weighted by Crippen LogP contribution is 2.49. The predicted molar refractivity (Wildman–Crippen MR) is 231 cm³/mol. The van der Waals surface area contributed by atoms with Crippen molar-refractivity contribution in [3.05, 3.63) is 189 Å². The molecule has 35 heteroatoms. The maximum absolute atomic E-state index is 13.2. The zero-order valence-corrected chi connectivity index (χ0v) is 37.7. The Bertz CT molecular complexity index is 3040. The summed E-state index contributed by atoms with van der Waals surface area (Å²) in [5.41, 5.74) is -4.64. The first kappa shape index (κ1) is 63.0. The number of alkyl halides is 18. The van der Waals surface area contributed by atoms with Gasteiger partial charge in [0.1, 0.15) is 39.5 Å². The van der Waals surface area contributed by atoms with Gasteiger partial charge in [-0.1, -0.05) is 0 Å². The lowest BCUT2D eigenvalue weighted by molar-refractivity contribution is -0.385. The number of nitro groups is 4. The Morgan fingerprint density at radius 1 is 0.372 bits per heavy atom. The van der Waals surface area contributed by atoms with Crippen molar-refractivity contribution in [3.63, 3.8) is 0 Å². The molecule has 0 aromatic heterocycles. The molecule has 6 rings (SSSR count). The standard InChI is InChI=1S/C14H6F6N2O5.C14H10F6N2O.C9H5F6NO2.C6H5NO3/c15-13(16,17)10-5-8(22(25)26)6-11(14(18,19)20)12(10)27-9-3-1-7(2-4-9)21(23)24;15-13(16,17)10-5-8(22)6-11(14(18,19)20)12(10)23-9-3-1-7(21)2-4-9;1-4-6(8(10,11)12)2-5(16(17)18)3-7(4)9(13,14)15;8-6-3-1-5(2-4-6)7(9)10/h1-6H;1-6H,21-22H2;2-3H,1H3;1-4,8H. The molecule has 6 aromatic carbocycles. The molecule has 0 spiro atoms. The van der Waals surface area contributed by atoms with Gasteiger partial charge in [0.15, 0.2) is 11.5 Å². The number of nitrogens with two attached hydrogens (primary N) is 2. The summed E-state index contributed by atoms with van der Waals surface area (Å²) < 4.78 is 242. The highest BCUT2D eigenvalue weighted by molar-refractivity contribution is 5.58. The number of ether oxygens (including phenoxy) is 2. The number of hydrogen-bond acceptors (Lipinski definition) is 13. The lowest BCUT2D eigenvalue weighted by atomic mass is 10.0. The van der Waals surface area contributed by atoms with Crippen molar-refractivity contribution in [2.24, 2.45) is 0 Å². The second-order valence-electron chi connectivity index (χ2n) is 14.8. The van der Waals surface area contributed by atoms with Crippen LogP contribution in [0.1, 0.15) is 38.9 Å². The summed E-state index contributed by atoms with van der Waals surface area (Å²) in [4.78, 5) is 37.6. The molecule has 78 heavy (non-hydrogen) atoms. The van der Waals surface area contributed by atoms with Crippen LogP contribution in [0, 0.1) is 47.4 Å². The van der Waals surface area contributed by atoms with Crippen LogP contribution in [0.15, 0.2) is 109 Å². The normalized spacial score (nSPS) is 11.8. The molecule has 0 unspecified atom stereocenters. The van der Waals surface area contributed by atoms with E-state index in [0.29, 0.717) is 19.1 Å². The number of benzene rings is 6. The first-order valence-electron chi connectivity index (χ1n) is 19.8. The van der Waals surface area contributed by atoms with Crippen molar-refractivity contribution >= 4 is 34.1 Å². The highest BCUT2D eigenvalue weighted by atomic mass is 19.4. The second-order valence-corrected chi connectivity index (χ2v) is 14.8. The van der Waals surface area contributed by atoms with Crippen LogP contribution in [-0.4, -0.2) is 24.8 Å². The topological polar surface area (TPSA) is 263 Å². The van der Waals surface area contributed by atoms with E-state index >= 15 is 0 Å². The minimum atomic E-state index is -5.40. The molecule has 420 valence electrons. The molecule has 0 aliphatic heterocycles. The molecular weight excluding hydrogens is 1120 g/mol. The molecule has 17 nitrogen and oxygen atoms in total. The number of nitrogen functional groups attached to an aromatic ring is 2. The molecule has 0 aliphatic carbocycles. The summed E-state index contributed by atoms with van der Waals surface area (Å²) in [5.74, 6) is -3.81. The Labute approximate surface area is 420 Å². The van der Waals surface area contributed by atoms with Crippen LogP contribution in [0.5, 0.6) is 28.7 Å². The third-order valence-electron chi connectivity index (χ3n) is 9.26. The van der Waals surface area contributed by atoms with Crippen molar-refractivity contribution in [3.8, 4) is 28.7 Å². The van der Waals surface area contributed by atoms with Crippen molar-refractivity contribution in [1.29, 1.82) is 0 Å². The number of non-ortho nitro benzene ring substituents is 4. The average molecular weight is 1140 g/mol. The second kappa shape index (κ2) is 23.7. The number of hydrogen-bond donors (Lipinski definition) is 3. The van der Waals surface area contributed by atoms with Gasteiger partial charge < -0.3 is 26.0 Å². The van der Waals surface area contributed by atoms with E-state index in [1.54, 1.807) is 0 Å². The lowest BCUT2D eigenvalue weighted by Crippen LogP contribution is -2.15. The van der Waals surface area contributed by atoms with Gasteiger partial charge in [0.2, 0.25) is 0 Å². The van der Waals surface area contributed by atoms with Gasteiger partial charge in [-0.05, 0) is 73.2 Å². The van der Waals surface area contributed by atoms with Crippen molar-refractivity contribution < 1.29 is 113 Å². The molecule has 0 radical (unpaired) electrons. The molecule has 0 atom stereocenters. The number of nitrogens with zero attached hydrogens (tertiary/aromatic N) is 4. The predicted octanol–water partition coefficient (Wildman–Crippen LogP) is 15.3. The van der Waals surface area contributed by atoms with Crippen LogP contribution in [0.4, 0.5) is 113 Å². The first-order chi connectivity index (χ1) is 35.4. The Morgan fingerprint density at radius 3 is 0.885 bits per heavy atom. The van der Waals surface area contributed by atoms with Crippen LogP contribution >= 0.6 is 0 Å². The number of phenols is 1. The van der Waals surface area contributed by atoms with Gasteiger partial charge in [-0.15, -0.1) is 0 Å². The fraction of sp³-hybridized carbons (Fsp3) is 0.163. The monoisotopic (exact) mass is 1140 g/mol. The summed E-state index contributed by atoms with van der Waals surface area (Å²) in [5, 5.41) is 50.3. The van der Waals surface area contributed by atoms with E-state index in [9.17, 15) is 119 Å². The summed E-state index contributed by atoms with van der Waals surface area (Å²) in [7, 11) is 0. The molecule has 0 heterocycles. The summed E-state index contributed by atoms with van der Waals surface area (Å²) in [6, 6.07) is 13.9. The van der Waals surface area contributed by atoms with E-state index in [4.69, 9.17) is 21.3 Å². The SMILES string of the molecule is Cc1c(C(F)(F)F)cc([N+](=O)[O-])cc1C(F)(F)F.Nc1ccc(Oc2c(C(F)(F)F)cc(N)cc2C(F)(F)F)cc1.O=[N+]([O-])c1ccc(O)cc1.O=[N+]([O-])c1ccc(Oc2c(C(F)(F)F)cc([N+](=O)[O-])cc2C(F)(F)F)cc1. The Morgan fingerprint density at radius 2 is 0.615 bits per heavy atom. The number of anilines is 2. The van der Waals surface area contributed by atoms with Crippen LogP contribution < -0.4 is 20.9 Å². The van der Waals surface area contributed by atoms with Crippen molar-refractivity contribution in [1.82, 2.24) is 0 Å². The number of halogens is 18. The van der Waals surface area contributed by atoms with E-state index in [1.807, 2.05) is 0 Å². The zero-order chi connectivity index (χ0) is 59.8. The molecular formula is C43H26F18N6O11. The van der Waals surface area contributed by atoms with Gasteiger partial charge in [0.25, 0.3) is 22.7 Å². The number of nitro benzene ring substituents is 4. The quantitative estimate of drug-likeness (QED) is 0.0555. The van der Waals surface area contributed by atoms with E-state index in [0.717, 1.165) is 36.4 Å². The maximum Gasteiger partial charge on any atom is 0.420 e. The van der Waals surface area contributed by atoms with Crippen LogP contribution in [0.25, 0.3) is 0 Å². The fourth-order valence-corrected chi connectivity index (χ4v) is 5.81. The largest absolute Gasteiger partial charge is 0.508 e. The first-order valence-corrected chi connectivity index (χ1v) is 19.8. The van der Waals surface area contributed by atoms with Gasteiger partial charge in [-0.25, -0.2) is 0 Å². The van der Waals surface area contributed by atoms with E-state index in [2.05, 4.69) is 4.74 Å². The minimum Gasteiger partial charge on any atom is -0.508 e. The van der Waals surface area contributed by atoms with Gasteiger partial charge in [0.05, 0.1) is 30.8 Å². The Hall–Kier alpha value is -9.34. The number of phenolic OH excluding ortho intramolecular Hbond substituents is 1. The molecule has 0 aliphatic rings. The molecule has 6 aromatic rings. The summed E-state index contributed by atoms with van der Waals surface area (Å²) in [6.07, 6.45) is -31.1. The smallest absolute Gasteiger partial charge is 0.420 e.